The molecule has 0 bridgehead atoms. The van der Waals surface area contributed by atoms with Gasteiger partial charge in [-0.15, -0.1) is 0 Å². The zero-order chi connectivity index (χ0) is 16.6. The van der Waals surface area contributed by atoms with Crippen LogP contribution in [0.4, 0.5) is 22.0 Å². The van der Waals surface area contributed by atoms with E-state index in [9.17, 15) is 36.6 Å². The van der Waals surface area contributed by atoms with Crippen LogP contribution in [0.15, 0.2) is 12.1 Å². The predicted molar refractivity (Wildman–Crippen MR) is 64.1 cm³/mol. The van der Waals surface area contributed by atoms with Crippen LogP contribution in [-0.4, -0.2) is 17.7 Å². The first-order valence-electron chi connectivity index (χ1n) is 5.62. The molecule has 0 saturated heterocycles. The molecule has 3 nitrogen and oxygen atoms in total. The summed E-state index contributed by atoms with van der Waals surface area (Å²) in [4.78, 5) is 21.5. The lowest BCUT2D eigenvalue weighted by Crippen LogP contribution is -2.04. The molecule has 0 aliphatic heterocycles. The van der Waals surface area contributed by atoms with Crippen molar-refractivity contribution in [3.05, 3.63) is 52.3 Å². The first kappa shape index (κ1) is 15.6. The van der Waals surface area contributed by atoms with E-state index in [0.29, 0.717) is 12.1 Å². The van der Waals surface area contributed by atoms with Crippen molar-refractivity contribution in [1.82, 2.24) is 0 Å². The summed E-state index contributed by atoms with van der Waals surface area (Å²) in [7, 11) is 0. The summed E-state index contributed by atoms with van der Waals surface area (Å²) in [5.41, 5.74) is -3.00. The molecule has 114 valence electrons. The number of hydrogen-bond acceptors (Lipinski definition) is 3. The lowest BCUT2D eigenvalue weighted by atomic mass is 9.98. The van der Waals surface area contributed by atoms with Crippen LogP contribution in [0, 0.1) is 29.1 Å². The minimum absolute atomic E-state index is 0.0673. The molecule has 0 radical (unpaired) electrons. The molecule has 0 aliphatic carbocycles. The van der Waals surface area contributed by atoms with Crippen LogP contribution in [0.1, 0.15) is 20.7 Å². The van der Waals surface area contributed by atoms with Crippen LogP contribution < -0.4 is 0 Å². The topological polar surface area (TPSA) is 54.4 Å². The highest BCUT2D eigenvalue weighted by atomic mass is 19.2. The molecule has 22 heavy (non-hydrogen) atoms. The number of carbonyl (C=O) groups excluding carboxylic acids is 2. The minimum atomic E-state index is -2.33. The van der Waals surface area contributed by atoms with Crippen LogP contribution in [-0.2, 0) is 0 Å². The van der Waals surface area contributed by atoms with E-state index in [-0.39, 0.29) is 12.6 Å². The molecule has 0 fully saturated rings. The summed E-state index contributed by atoms with van der Waals surface area (Å²) in [5, 5.41) is 9.49. The predicted octanol–water partition coefficient (Wildman–Crippen LogP) is 3.38. The van der Waals surface area contributed by atoms with Crippen molar-refractivity contribution in [2.24, 2.45) is 0 Å². The first-order chi connectivity index (χ1) is 10.3. The van der Waals surface area contributed by atoms with Gasteiger partial charge in [-0.3, -0.25) is 9.59 Å². The summed E-state index contributed by atoms with van der Waals surface area (Å²) in [6.07, 6.45) is 0.135. The number of aldehydes is 2. The molecule has 0 aliphatic rings. The highest BCUT2D eigenvalue weighted by molar-refractivity contribution is 5.91. The maximum atomic E-state index is 13.7. The highest BCUT2D eigenvalue weighted by Crippen LogP contribution is 2.34. The normalized spacial score (nSPS) is 10.6. The molecule has 0 spiro atoms. The Morgan fingerprint density at radius 1 is 0.727 bits per heavy atom. The van der Waals surface area contributed by atoms with Gasteiger partial charge in [-0.1, -0.05) is 0 Å². The Bertz CT molecular complexity index is 744. The van der Waals surface area contributed by atoms with Crippen molar-refractivity contribution in [3.8, 4) is 16.9 Å². The van der Waals surface area contributed by atoms with Gasteiger partial charge in [-0.2, -0.15) is 0 Å². The summed E-state index contributed by atoms with van der Waals surface area (Å²) < 4.78 is 66.8. The Labute approximate surface area is 119 Å². The largest absolute Gasteiger partial charge is 0.506 e. The second-order valence-corrected chi connectivity index (χ2v) is 4.18. The quantitative estimate of drug-likeness (QED) is 0.409. The second kappa shape index (κ2) is 5.55. The number of phenolic OH excluding ortho intramolecular Hbond substituents is 1. The zero-order valence-corrected chi connectivity index (χ0v) is 10.5. The third kappa shape index (κ3) is 2.22. The molecule has 0 atom stereocenters. The van der Waals surface area contributed by atoms with Gasteiger partial charge in [0.25, 0.3) is 0 Å². The van der Waals surface area contributed by atoms with Crippen molar-refractivity contribution < 1.29 is 36.6 Å². The van der Waals surface area contributed by atoms with Crippen LogP contribution >= 0.6 is 0 Å². The maximum absolute atomic E-state index is 13.7. The molecule has 0 amide bonds. The summed E-state index contributed by atoms with van der Waals surface area (Å²) in [6.45, 7) is 0. The van der Waals surface area contributed by atoms with Crippen LogP contribution in [0.2, 0.25) is 0 Å². The van der Waals surface area contributed by atoms with Crippen molar-refractivity contribution >= 4 is 12.6 Å². The van der Waals surface area contributed by atoms with Crippen molar-refractivity contribution in [1.29, 1.82) is 0 Å². The van der Waals surface area contributed by atoms with Crippen molar-refractivity contribution in [2.45, 2.75) is 0 Å². The van der Waals surface area contributed by atoms with E-state index in [1.807, 2.05) is 0 Å². The standard InChI is InChI=1S/C14H5F5O3/c15-9-8(10(16)12(18)13(19)11(9)17)5-1-6(3-20)14(22)7(2-5)4-21/h1-4,22H. The molecular weight excluding hydrogens is 311 g/mol. The zero-order valence-electron chi connectivity index (χ0n) is 10.5. The van der Waals surface area contributed by atoms with Gasteiger partial charge in [-0.05, 0) is 17.7 Å². The monoisotopic (exact) mass is 316 g/mol. The molecule has 2 aromatic carbocycles. The lowest BCUT2D eigenvalue weighted by molar-refractivity contribution is 0.112. The average molecular weight is 316 g/mol. The Balaban J connectivity index is 2.89. The number of halogens is 5. The van der Waals surface area contributed by atoms with Crippen LogP contribution in [0.5, 0.6) is 5.75 Å². The van der Waals surface area contributed by atoms with Crippen molar-refractivity contribution in [2.75, 3.05) is 0 Å². The minimum Gasteiger partial charge on any atom is -0.506 e. The number of rotatable bonds is 3. The van der Waals surface area contributed by atoms with Gasteiger partial charge in [0, 0.05) is 0 Å². The second-order valence-electron chi connectivity index (χ2n) is 4.18. The van der Waals surface area contributed by atoms with Gasteiger partial charge < -0.3 is 5.11 Å². The lowest BCUT2D eigenvalue weighted by Gasteiger charge is -2.10. The van der Waals surface area contributed by atoms with Gasteiger partial charge >= 0.3 is 0 Å². The molecule has 2 rings (SSSR count). The molecule has 0 unspecified atom stereocenters. The van der Waals surface area contributed by atoms with Gasteiger partial charge in [-0.25, -0.2) is 22.0 Å². The fourth-order valence-electron chi connectivity index (χ4n) is 1.86. The number of carbonyl (C=O) groups is 2. The van der Waals surface area contributed by atoms with Gasteiger partial charge in [0.05, 0.1) is 16.7 Å². The fourth-order valence-corrected chi connectivity index (χ4v) is 1.86. The third-order valence-corrected chi connectivity index (χ3v) is 2.92. The summed E-state index contributed by atoms with van der Waals surface area (Å²) in [6, 6.07) is 1.40. The number of phenols is 1. The van der Waals surface area contributed by atoms with E-state index in [1.165, 1.54) is 0 Å². The third-order valence-electron chi connectivity index (χ3n) is 2.92. The molecular formula is C14H5F5O3. The highest BCUT2D eigenvalue weighted by Gasteiger charge is 2.27. The van der Waals surface area contributed by atoms with Crippen LogP contribution in [0.25, 0.3) is 11.1 Å². The summed E-state index contributed by atoms with van der Waals surface area (Å²) in [5.74, 6) is -11.7. The molecule has 2 aromatic rings. The van der Waals surface area contributed by atoms with Gasteiger partial charge in [0.15, 0.2) is 35.8 Å². The van der Waals surface area contributed by atoms with E-state index in [4.69, 9.17) is 0 Å². The smallest absolute Gasteiger partial charge is 0.200 e. The maximum Gasteiger partial charge on any atom is 0.200 e. The number of aromatic hydroxyl groups is 1. The van der Waals surface area contributed by atoms with E-state index in [0.717, 1.165) is 0 Å². The average Bonchev–Trinajstić information content (AvgIpc) is 2.52. The summed E-state index contributed by atoms with van der Waals surface area (Å²) >= 11 is 0. The first-order valence-corrected chi connectivity index (χ1v) is 5.62. The number of benzene rings is 2. The Hall–Kier alpha value is -2.77. The van der Waals surface area contributed by atoms with Gasteiger partial charge in [0.2, 0.25) is 5.82 Å². The molecule has 8 heteroatoms. The Morgan fingerprint density at radius 2 is 1.09 bits per heavy atom. The van der Waals surface area contributed by atoms with E-state index in [2.05, 4.69) is 0 Å². The molecule has 0 heterocycles. The molecule has 0 saturated carbocycles. The van der Waals surface area contributed by atoms with E-state index in [1.54, 1.807) is 0 Å². The fraction of sp³-hybridized carbons (Fsp3) is 0. The Kier molecular flexibility index (Phi) is 3.94. The molecule has 0 aromatic heterocycles. The van der Waals surface area contributed by atoms with E-state index < -0.39 is 57.1 Å². The SMILES string of the molecule is O=Cc1cc(-c2c(F)c(F)c(F)c(F)c2F)cc(C=O)c1O. The Morgan fingerprint density at radius 3 is 1.45 bits per heavy atom. The molecule has 1 N–H and O–H groups in total. The van der Waals surface area contributed by atoms with Crippen molar-refractivity contribution in [3.63, 3.8) is 0 Å². The van der Waals surface area contributed by atoms with Gasteiger partial charge in [0.1, 0.15) is 5.75 Å². The van der Waals surface area contributed by atoms with Crippen LogP contribution in [0.3, 0.4) is 0 Å². The number of hydrogen-bond donors (Lipinski definition) is 1. The van der Waals surface area contributed by atoms with E-state index >= 15 is 0 Å².